The summed E-state index contributed by atoms with van der Waals surface area (Å²) in [5, 5.41) is 9.16. The van der Waals surface area contributed by atoms with Crippen LogP contribution in [0.1, 0.15) is 18.9 Å². The number of para-hydroxylation sites is 2. The standard InChI is InChI=1S/C21H23ClN4O2/c1-15(20-23-24-21(28-20)16-6-5-7-17(22)14-16)25-10-12-26(13-11-25)18-8-3-4-9-19(18)27-2/h3-9,14-15H,10-13H2,1-2H3/p+1/t15-/m0/s1. The second-order valence-corrected chi connectivity index (χ2v) is 7.43. The lowest BCUT2D eigenvalue weighted by Crippen LogP contribution is -3.14. The fraction of sp³-hybridized carbons (Fsp3) is 0.333. The molecule has 1 aliphatic heterocycles. The average Bonchev–Trinajstić information content (AvgIpc) is 3.24. The van der Waals surface area contributed by atoms with Crippen molar-refractivity contribution in [3.05, 3.63) is 59.4 Å². The highest BCUT2D eigenvalue weighted by atomic mass is 35.5. The number of nitrogens with zero attached hydrogens (tertiary/aromatic N) is 3. The number of rotatable bonds is 5. The summed E-state index contributed by atoms with van der Waals surface area (Å²) in [7, 11) is 1.72. The van der Waals surface area contributed by atoms with Gasteiger partial charge in [-0.2, -0.15) is 0 Å². The first-order chi connectivity index (χ1) is 13.7. The highest BCUT2D eigenvalue weighted by Crippen LogP contribution is 2.27. The van der Waals surface area contributed by atoms with Crippen molar-refractivity contribution in [2.75, 3.05) is 38.2 Å². The fourth-order valence-corrected chi connectivity index (χ4v) is 3.87. The zero-order valence-corrected chi connectivity index (χ0v) is 16.8. The molecule has 4 rings (SSSR count). The predicted molar refractivity (Wildman–Crippen MR) is 109 cm³/mol. The molecule has 0 saturated carbocycles. The molecule has 1 N–H and O–H groups in total. The molecule has 1 fully saturated rings. The Labute approximate surface area is 169 Å². The molecular formula is C21H24ClN4O2+. The zero-order chi connectivity index (χ0) is 19.5. The SMILES string of the molecule is COc1ccccc1N1CC[NH+]([C@@H](C)c2nnc(-c3cccc(Cl)c3)o2)CC1. The van der Waals surface area contributed by atoms with Crippen LogP contribution in [0, 0.1) is 0 Å². The van der Waals surface area contributed by atoms with Gasteiger partial charge >= 0.3 is 0 Å². The van der Waals surface area contributed by atoms with Crippen molar-refractivity contribution in [2.24, 2.45) is 0 Å². The van der Waals surface area contributed by atoms with Gasteiger partial charge in [0.1, 0.15) is 5.75 Å². The summed E-state index contributed by atoms with van der Waals surface area (Å²) in [5.74, 6) is 2.09. The molecule has 7 heteroatoms. The molecule has 1 saturated heterocycles. The first-order valence-corrected chi connectivity index (χ1v) is 9.85. The summed E-state index contributed by atoms with van der Waals surface area (Å²) in [6.45, 7) is 6.04. The largest absolute Gasteiger partial charge is 0.495 e. The van der Waals surface area contributed by atoms with Crippen LogP contribution in [0.2, 0.25) is 5.02 Å². The molecule has 6 nitrogen and oxygen atoms in total. The molecule has 2 heterocycles. The van der Waals surface area contributed by atoms with Gasteiger partial charge in [0, 0.05) is 10.6 Å². The third kappa shape index (κ3) is 3.84. The topological polar surface area (TPSA) is 55.8 Å². The van der Waals surface area contributed by atoms with Crippen LogP contribution < -0.4 is 14.5 Å². The number of ether oxygens (including phenoxy) is 1. The first-order valence-electron chi connectivity index (χ1n) is 9.47. The second-order valence-electron chi connectivity index (χ2n) is 6.99. The van der Waals surface area contributed by atoms with E-state index < -0.39 is 0 Å². The summed E-state index contributed by atoms with van der Waals surface area (Å²) in [6.07, 6.45) is 0. The van der Waals surface area contributed by atoms with E-state index in [9.17, 15) is 0 Å². The number of nitrogens with one attached hydrogen (secondary N) is 1. The van der Waals surface area contributed by atoms with Crippen molar-refractivity contribution in [1.82, 2.24) is 10.2 Å². The van der Waals surface area contributed by atoms with Gasteiger partial charge in [-0.3, -0.25) is 0 Å². The molecule has 1 atom stereocenters. The Kier molecular flexibility index (Phi) is 5.50. The normalized spacial score (nSPS) is 16.2. The number of halogens is 1. The molecule has 0 spiro atoms. The van der Waals surface area contributed by atoms with Crippen molar-refractivity contribution in [3.63, 3.8) is 0 Å². The molecule has 0 amide bonds. The van der Waals surface area contributed by atoms with Crippen LogP contribution in [0.4, 0.5) is 5.69 Å². The number of methoxy groups -OCH3 is 1. The fourth-order valence-electron chi connectivity index (χ4n) is 3.68. The minimum Gasteiger partial charge on any atom is -0.495 e. The lowest BCUT2D eigenvalue weighted by Gasteiger charge is -2.36. The van der Waals surface area contributed by atoms with Gasteiger partial charge in [0.25, 0.3) is 5.89 Å². The maximum Gasteiger partial charge on any atom is 0.274 e. The van der Waals surface area contributed by atoms with Crippen LogP contribution in [0.5, 0.6) is 5.75 Å². The van der Waals surface area contributed by atoms with Crippen molar-refractivity contribution in [3.8, 4) is 17.2 Å². The van der Waals surface area contributed by atoms with Crippen LogP contribution in [0.25, 0.3) is 11.5 Å². The van der Waals surface area contributed by atoms with Gasteiger partial charge in [0.15, 0.2) is 6.04 Å². The van der Waals surface area contributed by atoms with Gasteiger partial charge in [-0.05, 0) is 37.3 Å². The number of quaternary nitrogens is 1. The van der Waals surface area contributed by atoms with E-state index in [4.69, 9.17) is 20.8 Å². The average molecular weight is 400 g/mol. The highest BCUT2D eigenvalue weighted by molar-refractivity contribution is 6.30. The van der Waals surface area contributed by atoms with Gasteiger partial charge in [0.05, 0.1) is 39.0 Å². The van der Waals surface area contributed by atoms with Crippen LogP contribution in [-0.4, -0.2) is 43.5 Å². The van der Waals surface area contributed by atoms with Gasteiger partial charge in [-0.15, -0.1) is 10.2 Å². The Morgan fingerprint density at radius 2 is 1.89 bits per heavy atom. The van der Waals surface area contributed by atoms with E-state index in [0.29, 0.717) is 16.8 Å². The molecule has 1 aliphatic rings. The smallest absolute Gasteiger partial charge is 0.274 e. The number of piperazine rings is 1. The third-order valence-corrected chi connectivity index (χ3v) is 5.56. The van der Waals surface area contributed by atoms with Gasteiger partial charge in [0.2, 0.25) is 5.89 Å². The Morgan fingerprint density at radius 1 is 1.11 bits per heavy atom. The predicted octanol–water partition coefficient (Wildman–Crippen LogP) is 2.86. The molecule has 146 valence electrons. The first kappa shape index (κ1) is 18.8. The van der Waals surface area contributed by atoms with E-state index in [0.717, 1.165) is 43.2 Å². The van der Waals surface area contributed by atoms with E-state index in [1.54, 1.807) is 7.11 Å². The number of aromatic nitrogens is 2. The van der Waals surface area contributed by atoms with Gasteiger partial charge < -0.3 is 19.0 Å². The number of benzene rings is 2. The summed E-state index contributed by atoms with van der Waals surface area (Å²) in [4.78, 5) is 3.81. The maximum absolute atomic E-state index is 6.06. The van der Waals surface area contributed by atoms with Gasteiger partial charge in [-0.25, -0.2) is 0 Å². The van der Waals surface area contributed by atoms with Crippen molar-refractivity contribution in [1.29, 1.82) is 0 Å². The Hall–Kier alpha value is -2.57. The van der Waals surface area contributed by atoms with Gasteiger partial charge in [-0.1, -0.05) is 29.8 Å². The Balaban J connectivity index is 1.42. The van der Waals surface area contributed by atoms with Crippen molar-refractivity contribution < 1.29 is 14.1 Å². The lowest BCUT2D eigenvalue weighted by molar-refractivity contribution is -0.931. The number of hydrogen-bond donors (Lipinski definition) is 1. The van der Waals surface area contributed by atoms with Crippen LogP contribution in [0.15, 0.2) is 52.9 Å². The summed E-state index contributed by atoms with van der Waals surface area (Å²) >= 11 is 6.06. The quantitative estimate of drug-likeness (QED) is 0.715. The van der Waals surface area contributed by atoms with Crippen LogP contribution >= 0.6 is 11.6 Å². The molecule has 2 aromatic carbocycles. The molecular weight excluding hydrogens is 376 g/mol. The second kappa shape index (κ2) is 8.20. The van der Waals surface area contributed by atoms with E-state index in [1.165, 1.54) is 4.90 Å². The van der Waals surface area contributed by atoms with E-state index in [1.807, 2.05) is 36.4 Å². The summed E-state index contributed by atoms with van der Waals surface area (Å²) in [5.41, 5.74) is 1.99. The van der Waals surface area contributed by atoms with E-state index in [2.05, 4.69) is 34.2 Å². The summed E-state index contributed by atoms with van der Waals surface area (Å²) < 4.78 is 11.5. The molecule has 0 unspecified atom stereocenters. The third-order valence-electron chi connectivity index (χ3n) is 5.33. The Morgan fingerprint density at radius 3 is 2.64 bits per heavy atom. The molecule has 0 bridgehead atoms. The minimum absolute atomic E-state index is 0.139. The number of hydrogen-bond acceptors (Lipinski definition) is 5. The molecule has 1 aromatic heterocycles. The minimum atomic E-state index is 0.139. The molecule has 0 aliphatic carbocycles. The highest BCUT2D eigenvalue weighted by Gasteiger charge is 2.30. The van der Waals surface area contributed by atoms with E-state index in [-0.39, 0.29) is 6.04 Å². The van der Waals surface area contributed by atoms with Crippen molar-refractivity contribution in [2.45, 2.75) is 13.0 Å². The molecule has 0 radical (unpaired) electrons. The molecule has 3 aromatic rings. The molecule has 28 heavy (non-hydrogen) atoms. The maximum atomic E-state index is 6.06. The van der Waals surface area contributed by atoms with Crippen LogP contribution in [0.3, 0.4) is 0 Å². The Bertz CT molecular complexity index is 937. The van der Waals surface area contributed by atoms with Crippen molar-refractivity contribution >= 4 is 17.3 Å². The monoisotopic (exact) mass is 399 g/mol. The van der Waals surface area contributed by atoms with E-state index >= 15 is 0 Å². The lowest BCUT2D eigenvalue weighted by atomic mass is 10.2. The summed E-state index contributed by atoms with van der Waals surface area (Å²) in [6, 6.07) is 15.8. The van der Waals surface area contributed by atoms with Crippen LogP contribution in [-0.2, 0) is 0 Å². The zero-order valence-electron chi connectivity index (χ0n) is 16.1. The number of anilines is 1.